The number of hydrogen-bond donors (Lipinski definition) is 0. The van der Waals surface area contributed by atoms with E-state index in [0.717, 1.165) is 5.69 Å². The van der Waals surface area contributed by atoms with Crippen molar-refractivity contribution in [1.82, 2.24) is 4.90 Å². The number of carbonyl (C=O) groups is 1. The van der Waals surface area contributed by atoms with Crippen molar-refractivity contribution in [3.63, 3.8) is 0 Å². The molecule has 0 aromatic heterocycles. The number of methoxy groups -OCH3 is 2. The van der Waals surface area contributed by atoms with Gasteiger partial charge in [-0.1, -0.05) is 0 Å². The summed E-state index contributed by atoms with van der Waals surface area (Å²) in [6.07, 6.45) is 2.73. The molecule has 1 saturated heterocycles. The van der Waals surface area contributed by atoms with Crippen LogP contribution in [0.5, 0.6) is 11.5 Å². The van der Waals surface area contributed by atoms with Crippen LogP contribution in [0.4, 0.5) is 15.8 Å². The van der Waals surface area contributed by atoms with E-state index in [-0.39, 0.29) is 28.7 Å². The number of nitro benzene ring substituents is 1. The molecule has 8 nitrogen and oxygen atoms in total. The average Bonchev–Trinajstić information content (AvgIpc) is 2.77. The molecule has 1 aliphatic rings. The van der Waals surface area contributed by atoms with Gasteiger partial charge in [0.05, 0.1) is 30.8 Å². The van der Waals surface area contributed by atoms with Crippen molar-refractivity contribution in [3.8, 4) is 11.5 Å². The topological polar surface area (TPSA) is 85.2 Å². The zero-order chi connectivity index (χ0) is 21.7. The zero-order valence-corrected chi connectivity index (χ0v) is 16.7. The molecule has 0 aliphatic carbocycles. The van der Waals surface area contributed by atoms with Gasteiger partial charge in [0.15, 0.2) is 11.5 Å². The van der Waals surface area contributed by atoms with Gasteiger partial charge in [-0.05, 0) is 36.4 Å². The maximum absolute atomic E-state index is 13.1. The van der Waals surface area contributed by atoms with E-state index in [4.69, 9.17) is 9.47 Å². The van der Waals surface area contributed by atoms with E-state index < -0.39 is 4.92 Å². The second kappa shape index (κ2) is 9.25. The quantitative estimate of drug-likeness (QED) is 0.409. The summed E-state index contributed by atoms with van der Waals surface area (Å²) >= 11 is 0. The number of amides is 1. The van der Waals surface area contributed by atoms with Crippen LogP contribution in [-0.4, -0.2) is 56.1 Å². The minimum Gasteiger partial charge on any atom is -0.493 e. The van der Waals surface area contributed by atoms with E-state index in [1.165, 1.54) is 50.6 Å². The van der Waals surface area contributed by atoms with Crippen molar-refractivity contribution in [2.45, 2.75) is 0 Å². The fraction of sp³-hybridized carbons (Fsp3) is 0.286. The monoisotopic (exact) mass is 415 g/mol. The summed E-state index contributed by atoms with van der Waals surface area (Å²) in [6.45, 7) is 2.21. The molecule has 0 unspecified atom stereocenters. The van der Waals surface area contributed by atoms with E-state index in [1.807, 2.05) is 0 Å². The van der Waals surface area contributed by atoms with Gasteiger partial charge in [-0.3, -0.25) is 14.9 Å². The molecular weight excluding hydrogens is 393 g/mol. The molecule has 0 radical (unpaired) electrons. The Morgan fingerprint density at radius 3 is 2.23 bits per heavy atom. The lowest BCUT2D eigenvalue weighted by molar-refractivity contribution is -0.385. The van der Waals surface area contributed by atoms with Gasteiger partial charge >= 0.3 is 0 Å². The van der Waals surface area contributed by atoms with Gasteiger partial charge < -0.3 is 19.3 Å². The normalized spacial score (nSPS) is 14.1. The van der Waals surface area contributed by atoms with Crippen LogP contribution in [0.3, 0.4) is 0 Å². The standard InChI is InChI=1S/C21H22FN3O5/c1-29-19-13-15(18(25(27)28)14-20(19)30-2)3-8-21(26)24-11-9-23(10-12-24)17-6-4-16(22)5-7-17/h3-8,13-14H,9-12H2,1-2H3/b8-3+. The van der Waals surface area contributed by atoms with E-state index in [2.05, 4.69) is 4.90 Å². The summed E-state index contributed by atoms with van der Waals surface area (Å²) < 4.78 is 23.4. The molecule has 3 rings (SSSR count). The lowest BCUT2D eigenvalue weighted by Gasteiger charge is -2.35. The van der Waals surface area contributed by atoms with Crippen molar-refractivity contribution < 1.29 is 23.6 Å². The molecule has 0 spiro atoms. The fourth-order valence-electron chi connectivity index (χ4n) is 3.28. The molecule has 0 bridgehead atoms. The van der Waals surface area contributed by atoms with Crippen molar-refractivity contribution >= 4 is 23.4 Å². The fourth-order valence-corrected chi connectivity index (χ4v) is 3.28. The predicted molar refractivity (Wildman–Crippen MR) is 110 cm³/mol. The number of carbonyl (C=O) groups excluding carboxylic acids is 1. The molecule has 1 heterocycles. The Hall–Kier alpha value is -3.62. The van der Waals surface area contributed by atoms with Crippen LogP contribution in [0.2, 0.25) is 0 Å². The van der Waals surface area contributed by atoms with Gasteiger partial charge in [-0.25, -0.2) is 4.39 Å². The Morgan fingerprint density at radius 1 is 1.07 bits per heavy atom. The van der Waals surface area contributed by atoms with Gasteiger partial charge in [-0.2, -0.15) is 0 Å². The second-order valence-electron chi connectivity index (χ2n) is 6.65. The minimum absolute atomic E-state index is 0.183. The maximum Gasteiger partial charge on any atom is 0.280 e. The van der Waals surface area contributed by atoms with Crippen molar-refractivity contribution in [2.24, 2.45) is 0 Å². The second-order valence-corrected chi connectivity index (χ2v) is 6.65. The Bertz CT molecular complexity index is 954. The number of nitrogens with zero attached hydrogens (tertiary/aromatic N) is 3. The van der Waals surface area contributed by atoms with Crippen LogP contribution < -0.4 is 14.4 Å². The molecule has 0 saturated carbocycles. The summed E-state index contributed by atoms with van der Waals surface area (Å²) in [5.41, 5.74) is 0.966. The number of rotatable bonds is 6. The largest absolute Gasteiger partial charge is 0.493 e. The van der Waals surface area contributed by atoms with E-state index in [1.54, 1.807) is 17.0 Å². The third-order valence-corrected chi connectivity index (χ3v) is 4.92. The number of nitro groups is 1. The van der Waals surface area contributed by atoms with Gasteiger partial charge in [0, 0.05) is 37.9 Å². The molecular formula is C21H22FN3O5. The van der Waals surface area contributed by atoms with Crippen LogP contribution in [0, 0.1) is 15.9 Å². The smallest absolute Gasteiger partial charge is 0.280 e. The maximum atomic E-state index is 13.1. The van der Waals surface area contributed by atoms with E-state index >= 15 is 0 Å². The zero-order valence-electron chi connectivity index (χ0n) is 16.7. The molecule has 30 heavy (non-hydrogen) atoms. The Kier molecular flexibility index (Phi) is 6.51. The van der Waals surface area contributed by atoms with E-state index in [0.29, 0.717) is 31.9 Å². The molecule has 2 aromatic carbocycles. The highest BCUT2D eigenvalue weighted by Gasteiger charge is 2.21. The predicted octanol–water partition coefficient (Wildman–Crippen LogP) is 3.11. The highest BCUT2D eigenvalue weighted by molar-refractivity contribution is 5.92. The number of benzene rings is 2. The number of hydrogen-bond acceptors (Lipinski definition) is 6. The molecule has 0 N–H and O–H groups in total. The summed E-state index contributed by atoms with van der Waals surface area (Å²) in [5.74, 6) is 0.0486. The summed E-state index contributed by atoms with van der Waals surface area (Å²) in [4.78, 5) is 27.2. The number of piperazine rings is 1. The third-order valence-electron chi connectivity index (χ3n) is 4.92. The van der Waals surface area contributed by atoms with Gasteiger partial charge in [-0.15, -0.1) is 0 Å². The summed E-state index contributed by atoms with van der Waals surface area (Å²) in [6, 6.07) is 8.97. The Balaban J connectivity index is 1.69. The lowest BCUT2D eigenvalue weighted by atomic mass is 10.1. The Morgan fingerprint density at radius 2 is 1.67 bits per heavy atom. The summed E-state index contributed by atoms with van der Waals surface area (Å²) in [7, 11) is 2.83. The summed E-state index contributed by atoms with van der Waals surface area (Å²) in [5, 5.41) is 11.4. The van der Waals surface area contributed by atoms with Gasteiger partial charge in [0.2, 0.25) is 5.91 Å². The van der Waals surface area contributed by atoms with Crippen LogP contribution >= 0.6 is 0 Å². The number of ether oxygens (including phenoxy) is 2. The molecule has 1 fully saturated rings. The molecule has 9 heteroatoms. The van der Waals surface area contributed by atoms with Crippen molar-refractivity contribution in [1.29, 1.82) is 0 Å². The first-order valence-electron chi connectivity index (χ1n) is 9.31. The van der Waals surface area contributed by atoms with Crippen LogP contribution in [-0.2, 0) is 4.79 Å². The molecule has 1 amide bonds. The Labute approximate surface area is 173 Å². The third kappa shape index (κ3) is 4.68. The highest BCUT2D eigenvalue weighted by atomic mass is 19.1. The molecule has 0 atom stereocenters. The number of halogens is 1. The van der Waals surface area contributed by atoms with Crippen molar-refractivity contribution in [2.75, 3.05) is 45.3 Å². The van der Waals surface area contributed by atoms with E-state index in [9.17, 15) is 19.3 Å². The highest BCUT2D eigenvalue weighted by Crippen LogP contribution is 2.35. The SMILES string of the molecule is COc1cc(/C=C/C(=O)N2CCN(c3ccc(F)cc3)CC2)c([N+](=O)[O-])cc1OC. The van der Waals surface area contributed by atoms with Crippen LogP contribution in [0.25, 0.3) is 6.08 Å². The molecule has 158 valence electrons. The van der Waals surface area contributed by atoms with Gasteiger partial charge in [0.25, 0.3) is 5.69 Å². The van der Waals surface area contributed by atoms with Crippen LogP contribution in [0.15, 0.2) is 42.5 Å². The first-order valence-corrected chi connectivity index (χ1v) is 9.31. The van der Waals surface area contributed by atoms with Crippen molar-refractivity contribution in [3.05, 3.63) is 64.0 Å². The van der Waals surface area contributed by atoms with Gasteiger partial charge in [0.1, 0.15) is 5.82 Å². The molecule has 1 aliphatic heterocycles. The average molecular weight is 415 g/mol. The number of anilines is 1. The first-order chi connectivity index (χ1) is 14.4. The minimum atomic E-state index is -0.534. The lowest BCUT2D eigenvalue weighted by Crippen LogP contribution is -2.48. The first kappa shape index (κ1) is 21.1. The molecule has 2 aromatic rings. The van der Waals surface area contributed by atoms with Crippen LogP contribution in [0.1, 0.15) is 5.56 Å².